The fourth-order valence-electron chi connectivity index (χ4n) is 2.16. The van der Waals surface area contributed by atoms with E-state index in [1.807, 2.05) is 12.1 Å². The molecule has 0 aliphatic heterocycles. The molecule has 0 aliphatic rings. The van der Waals surface area contributed by atoms with Crippen molar-refractivity contribution < 1.29 is 14.0 Å². The topological polar surface area (TPSA) is 102 Å². The molecule has 0 saturated heterocycles. The number of furan rings is 1. The minimum absolute atomic E-state index is 0.0642. The van der Waals surface area contributed by atoms with Crippen LogP contribution < -0.4 is 10.6 Å². The van der Waals surface area contributed by atoms with Crippen LogP contribution >= 0.6 is 0 Å². The van der Waals surface area contributed by atoms with Crippen LogP contribution in [0.3, 0.4) is 0 Å². The van der Waals surface area contributed by atoms with E-state index in [1.165, 1.54) is 12.6 Å². The Morgan fingerprint density at radius 2 is 2.00 bits per heavy atom. The summed E-state index contributed by atoms with van der Waals surface area (Å²) in [4.78, 5) is 27.5. The van der Waals surface area contributed by atoms with Crippen molar-refractivity contribution in [2.75, 3.05) is 5.32 Å². The van der Waals surface area contributed by atoms with E-state index in [4.69, 9.17) is 4.42 Å². The molecule has 2 aromatic heterocycles. The van der Waals surface area contributed by atoms with Gasteiger partial charge >= 0.3 is 0 Å². The van der Waals surface area contributed by atoms with Crippen molar-refractivity contribution in [3.05, 3.63) is 66.6 Å². The van der Waals surface area contributed by atoms with Gasteiger partial charge in [-0.2, -0.15) is 5.10 Å². The maximum Gasteiger partial charge on any atom is 0.291 e. The lowest BCUT2D eigenvalue weighted by molar-refractivity contribution is -0.121. The van der Waals surface area contributed by atoms with Crippen LogP contribution in [-0.2, 0) is 17.9 Å². The number of hydrogen-bond acceptors (Lipinski definition) is 5. The van der Waals surface area contributed by atoms with Crippen LogP contribution in [0.25, 0.3) is 0 Å². The van der Waals surface area contributed by atoms with E-state index in [9.17, 15) is 9.59 Å². The monoisotopic (exact) mass is 339 g/mol. The van der Waals surface area contributed by atoms with Crippen LogP contribution in [0, 0.1) is 0 Å². The van der Waals surface area contributed by atoms with Gasteiger partial charge in [-0.1, -0.05) is 12.1 Å². The van der Waals surface area contributed by atoms with Crippen molar-refractivity contribution in [3.63, 3.8) is 0 Å². The van der Waals surface area contributed by atoms with Crippen molar-refractivity contribution in [2.24, 2.45) is 0 Å². The van der Waals surface area contributed by atoms with Gasteiger partial charge in [0.15, 0.2) is 5.76 Å². The molecule has 0 saturated carbocycles. The number of aryl methyl sites for hydroxylation is 1. The van der Waals surface area contributed by atoms with Crippen molar-refractivity contribution in [1.29, 1.82) is 0 Å². The molecule has 3 rings (SSSR count). The summed E-state index contributed by atoms with van der Waals surface area (Å²) in [5.74, 6) is -0.117. The van der Waals surface area contributed by atoms with E-state index < -0.39 is 0 Å². The minimum Gasteiger partial charge on any atom is -0.459 e. The number of carbonyl (C=O) groups is 2. The lowest BCUT2D eigenvalue weighted by Gasteiger charge is -2.07. The van der Waals surface area contributed by atoms with Crippen LogP contribution in [0.2, 0.25) is 0 Å². The molecule has 8 nitrogen and oxygen atoms in total. The Kier molecular flexibility index (Phi) is 5.20. The zero-order valence-electron chi connectivity index (χ0n) is 13.4. The summed E-state index contributed by atoms with van der Waals surface area (Å²) in [6.07, 6.45) is 4.79. The minimum atomic E-state index is -0.306. The number of rotatable bonds is 7. The van der Waals surface area contributed by atoms with E-state index in [-0.39, 0.29) is 17.6 Å². The normalized spacial score (nSPS) is 10.4. The Morgan fingerprint density at radius 3 is 2.68 bits per heavy atom. The quantitative estimate of drug-likeness (QED) is 0.684. The van der Waals surface area contributed by atoms with E-state index in [0.29, 0.717) is 25.2 Å². The summed E-state index contributed by atoms with van der Waals surface area (Å²) in [5, 5.41) is 9.52. The molecule has 3 aromatic rings. The van der Waals surface area contributed by atoms with Gasteiger partial charge in [0, 0.05) is 18.7 Å². The Hall–Kier alpha value is -3.42. The molecular formula is C17H17N5O3. The first-order valence-electron chi connectivity index (χ1n) is 7.73. The standard InChI is InChI=1S/C17H17N5O3/c23-16(7-8-22-12-18-11-20-22)19-10-13-3-5-14(6-4-13)21-17(24)15-2-1-9-25-15/h1-6,9,11-12H,7-8,10H2,(H,19,23)(H,21,24). The largest absolute Gasteiger partial charge is 0.459 e. The van der Waals surface area contributed by atoms with Crippen LogP contribution in [0.4, 0.5) is 5.69 Å². The van der Waals surface area contributed by atoms with Crippen molar-refractivity contribution in [2.45, 2.75) is 19.5 Å². The lowest BCUT2D eigenvalue weighted by Crippen LogP contribution is -2.24. The van der Waals surface area contributed by atoms with Gasteiger partial charge in [-0.25, -0.2) is 4.98 Å². The highest BCUT2D eigenvalue weighted by Gasteiger charge is 2.08. The third-order valence-corrected chi connectivity index (χ3v) is 3.48. The van der Waals surface area contributed by atoms with Crippen LogP contribution in [-0.4, -0.2) is 26.6 Å². The highest BCUT2D eigenvalue weighted by Crippen LogP contribution is 2.11. The number of anilines is 1. The average molecular weight is 339 g/mol. The van der Waals surface area contributed by atoms with Gasteiger partial charge in [0.25, 0.3) is 5.91 Å². The maximum atomic E-state index is 11.9. The summed E-state index contributed by atoms with van der Waals surface area (Å²) in [6, 6.07) is 10.5. The number of hydrogen-bond donors (Lipinski definition) is 2. The van der Waals surface area contributed by atoms with Gasteiger partial charge < -0.3 is 15.1 Å². The van der Waals surface area contributed by atoms with Crippen LogP contribution in [0.15, 0.2) is 59.7 Å². The molecule has 0 fully saturated rings. The first-order valence-corrected chi connectivity index (χ1v) is 7.73. The Balaban J connectivity index is 1.44. The molecule has 2 heterocycles. The molecule has 0 spiro atoms. The Morgan fingerprint density at radius 1 is 1.16 bits per heavy atom. The Labute approximate surface area is 143 Å². The van der Waals surface area contributed by atoms with Gasteiger partial charge in [0.05, 0.1) is 12.8 Å². The van der Waals surface area contributed by atoms with Gasteiger partial charge in [-0.3, -0.25) is 14.3 Å². The lowest BCUT2D eigenvalue weighted by atomic mass is 10.2. The number of amides is 2. The second-order valence-electron chi connectivity index (χ2n) is 5.31. The zero-order valence-corrected chi connectivity index (χ0v) is 13.4. The summed E-state index contributed by atoms with van der Waals surface area (Å²) < 4.78 is 6.64. The van der Waals surface area contributed by atoms with E-state index in [2.05, 4.69) is 20.7 Å². The molecule has 0 bridgehead atoms. The average Bonchev–Trinajstić information content (AvgIpc) is 3.33. The molecule has 0 radical (unpaired) electrons. The maximum absolute atomic E-state index is 11.9. The number of benzene rings is 1. The molecule has 8 heteroatoms. The first-order chi connectivity index (χ1) is 12.2. The fourth-order valence-corrected chi connectivity index (χ4v) is 2.16. The molecule has 2 amide bonds. The second-order valence-corrected chi connectivity index (χ2v) is 5.31. The molecule has 128 valence electrons. The number of nitrogens with one attached hydrogen (secondary N) is 2. The highest BCUT2D eigenvalue weighted by atomic mass is 16.3. The van der Waals surface area contributed by atoms with E-state index in [1.54, 1.807) is 35.3 Å². The molecule has 25 heavy (non-hydrogen) atoms. The van der Waals surface area contributed by atoms with Gasteiger partial charge in [-0.15, -0.1) is 0 Å². The number of carbonyl (C=O) groups excluding carboxylic acids is 2. The van der Waals surface area contributed by atoms with E-state index >= 15 is 0 Å². The molecule has 0 unspecified atom stereocenters. The van der Waals surface area contributed by atoms with Crippen LogP contribution in [0.1, 0.15) is 22.5 Å². The molecular weight excluding hydrogens is 322 g/mol. The summed E-state index contributed by atoms with van der Waals surface area (Å²) in [5.41, 5.74) is 1.59. The van der Waals surface area contributed by atoms with Gasteiger partial charge in [0.1, 0.15) is 12.7 Å². The van der Waals surface area contributed by atoms with E-state index in [0.717, 1.165) is 5.56 Å². The van der Waals surface area contributed by atoms with Crippen molar-refractivity contribution in [3.8, 4) is 0 Å². The fraction of sp³-hybridized carbons (Fsp3) is 0.176. The molecule has 2 N–H and O–H groups in total. The number of aromatic nitrogens is 3. The third-order valence-electron chi connectivity index (χ3n) is 3.48. The summed E-state index contributed by atoms with van der Waals surface area (Å²) in [7, 11) is 0. The number of nitrogens with zero attached hydrogens (tertiary/aromatic N) is 3. The highest BCUT2D eigenvalue weighted by molar-refractivity contribution is 6.02. The zero-order chi connectivity index (χ0) is 17.5. The van der Waals surface area contributed by atoms with Crippen molar-refractivity contribution in [1.82, 2.24) is 20.1 Å². The molecule has 0 aliphatic carbocycles. The molecule has 1 aromatic carbocycles. The van der Waals surface area contributed by atoms with Crippen LogP contribution in [0.5, 0.6) is 0 Å². The summed E-state index contributed by atoms with van der Waals surface area (Å²) in [6.45, 7) is 0.909. The summed E-state index contributed by atoms with van der Waals surface area (Å²) >= 11 is 0. The smallest absolute Gasteiger partial charge is 0.291 e. The second kappa shape index (κ2) is 7.91. The van der Waals surface area contributed by atoms with Gasteiger partial charge in [-0.05, 0) is 29.8 Å². The first kappa shape index (κ1) is 16.4. The van der Waals surface area contributed by atoms with Gasteiger partial charge in [0.2, 0.25) is 5.91 Å². The SMILES string of the molecule is O=C(CCn1cncn1)NCc1ccc(NC(=O)c2ccco2)cc1. The predicted molar refractivity (Wildman–Crippen MR) is 89.6 cm³/mol. The Bertz CT molecular complexity index is 811. The predicted octanol–water partition coefficient (Wildman–Crippen LogP) is 1.83. The third kappa shape index (κ3) is 4.77. The molecule has 0 atom stereocenters. The van der Waals surface area contributed by atoms with Crippen molar-refractivity contribution >= 4 is 17.5 Å².